The Bertz CT molecular complexity index is 1320. The molecule has 0 saturated carbocycles. The van der Waals surface area contributed by atoms with E-state index in [0.29, 0.717) is 22.0 Å². The van der Waals surface area contributed by atoms with E-state index >= 15 is 0 Å². The Kier molecular flexibility index (Phi) is 5.52. The first kappa shape index (κ1) is 20.3. The van der Waals surface area contributed by atoms with Crippen molar-refractivity contribution in [2.24, 2.45) is 11.7 Å². The van der Waals surface area contributed by atoms with Gasteiger partial charge in [0, 0.05) is 23.4 Å². The number of primary amides is 1. The summed E-state index contributed by atoms with van der Waals surface area (Å²) >= 11 is 1.37. The molecule has 31 heavy (non-hydrogen) atoms. The summed E-state index contributed by atoms with van der Waals surface area (Å²) in [5.74, 6) is -2.75. The van der Waals surface area contributed by atoms with Crippen molar-refractivity contribution in [1.29, 1.82) is 5.26 Å². The molecule has 4 rings (SSSR count). The fourth-order valence-electron chi connectivity index (χ4n) is 3.65. The van der Waals surface area contributed by atoms with Crippen molar-refractivity contribution >= 4 is 17.2 Å². The zero-order valence-corrected chi connectivity index (χ0v) is 17.5. The molecule has 0 aliphatic heterocycles. The van der Waals surface area contributed by atoms with Crippen LogP contribution in [0.15, 0.2) is 71.7 Å². The molecular weight excluding hydrogens is 410 g/mol. The number of nitrogens with two attached hydrogens (primary N) is 1. The number of H-pyrrole nitrogens is 1. The first-order chi connectivity index (χ1) is 15.0. The highest BCUT2D eigenvalue weighted by molar-refractivity contribution is 7.17. The largest absolute Gasteiger partial charge is 0.369 e. The van der Waals surface area contributed by atoms with Crippen LogP contribution in [-0.2, 0) is 4.79 Å². The summed E-state index contributed by atoms with van der Waals surface area (Å²) in [6, 6.07) is 20.7. The minimum absolute atomic E-state index is 0.327. The smallest absolute Gasteiger partial charge is 0.277 e. The van der Waals surface area contributed by atoms with Crippen LogP contribution in [0, 0.1) is 24.2 Å². The van der Waals surface area contributed by atoms with Gasteiger partial charge in [-0.05, 0) is 18.1 Å². The molecule has 0 aliphatic rings. The van der Waals surface area contributed by atoms with Crippen LogP contribution in [0.2, 0.25) is 0 Å². The molecule has 0 fully saturated rings. The molecule has 154 valence electrons. The molecule has 2 aromatic carbocycles. The van der Waals surface area contributed by atoms with Gasteiger partial charge >= 0.3 is 0 Å². The maximum Gasteiger partial charge on any atom is 0.277 e. The second-order valence-corrected chi connectivity index (χ2v) is 8.07. The number of rotatable bonds is 6. The van der Waals surface area contributed by atoms with E-state index in [-0.39, 0.29) is 5.56 Å². The minimum Gasteiger partial charge on any atom is -0.369 e. The number of nitriles is 1. The first-order valence-electron chi connectivity index (χ1n) is 9.58. The summed E-state index contributed by atoms with van der Waals surface area (Å²) in [5, 5.41) is 13.2. The van der Waals surface area contributed by atoms with E-state index in [1.54, 1.807) is 37.4 Å². The molecule has 4 aromatic rings. The Balaban J connectivity index is 1.83. The van der Waals surface area contributed by atoms with Gasteiger partial charge in [-0.3, -0.25) is 14.7 Å². The lowest BCUT2D eigenvalue weighted by Crippen LogP contribution is -2.31. The molecule has 8 heteroatoms. The Morgan fingerprint density at radius 3 is 2.42 bits per heavy atom. The number of aryl methyl sites for hydroxylation is 1. The number of aromatic nitrogens is 3. The van der Waals surface area contributed by atoms with E-state index in [0.717, 1.165) is 10.4 Å². The molecular formula is C23H19N5O2S. The summed E-state index contributed by atoms with van der Waals surface area (Å²) in [7, 11) is 0. The predicted octanol–water partition coefficient (Wildman–Crippen LogP) is 3.35. The van der Waals surface area contributed by atoms with Crippen LogP contribution >= 0.6 is 11.3 Å². The van der Waals surface area contributed by atoms with Gasteiger partial charge in [-0.1, -0.05) is 72.0 Å². The molecule has 2 aromatic heterocycles. The molecule has 0 radical (unpaired) electrons. The van der Waals surface area contributed by atoms with Crippen LogP contribution in [0.4, 0.5) is 0 Å². The fourth-order valence-corrected chi connectivity index (χ4v) is 4.53. The fraction of sp³-hybridized carbons (Fsp3) is 0.130. The summed E-state index contributed by atoms with van der Waals surface area (Å²) in [4.78, 5) is 30.8. The molecule has 2 atom stereocenters. The molecule has 0 aliphatic carbocycles. The average Bonchev–Trinajstić information content (AvgIpc) is 3.38. The number of amides is 1. The van der Waals surface area contributed by atoms with Crippen LogP contribution in [-0.4, -0.2) is 20.7 Å². The molecule has 0 spiro atoms. The second kappa shape index (κ2) is 8.42. The lowest BCUT2D eigenvalue weighted by atomic mass is 9.81. The number of carbonyl (C=O) groups is 1. The maximum absolute atomic E-state index is 13.4. The highest BCUT2D eigenvalue weighted by Gasteiger charge is 2.34. The van der Waals surface area contributed by atoms with E-state index in [4.69, 9.17) is 5.73 Å². The van der Waals surface area contributed by atoms with Crippen molar-refractivity contribution < 1.29 is 4.79 Å². The van der Waals surface area contributed by atoms with Gasteiger partial charge in [0.1, 0.15) is 5.92 Å². The summed E-state index contributed by atoms with van der Waals surface area (Å²) < 4.78 is 1.35. The SMILES string of the molecule is Cc1[nH]n(-c2ncc(-c3ccccc3)s2)c(=O)c1[C@@H](c1ccccc1)[C@H](C#N)C(N)=O. The van der Waals surface area contributed by atoms with E-state index < -0.39 is 17.7 Å². The van der Waals surface area contributed by atoms with Crippen LogP contribution in [0.1, 0.15) is 22.7 Å². The van der Waals surface area contributed by atoms with Gasteiger partial charge in [0.05, 0.1) is 10.9 Å². The number of hydrogen-bond acceptors (Lipinski definition) is 5. The number of aromatic amines is 1. The molecule has 0 bridgehead atoms. The molecule has 1 amide bonds. The van der Waals surface area contributed by atoms with Gasteiger partial charge in [0.25, 0.3) is 5.56 Å². The minimum atomic E-state index is -1.19. The number of hydrogen-bond donors (Lipinski definition) is 2. The molecule has 2 heterocycles. The lowest BCUT2D eigenvalue weighted by molar-refractivity contribution is -0.120. The number of nitrogens with zero attached hydrogens (tertiary/aromatic N) is 3. The molecule has 0 unspecified atom stereocenters. The average molecular weight is 430 g/mol. The maximum atomic E-state index is 13.4. The highest BCUT2D eigenvalue weighted by Crippen LogP contribution is 2.33. The van der Waals surface area contributed by atoms with Crippen molar-refractivity contribution in [2.45, 2.75) is 12.8 Å². The summed E-state index contributed by atoms with van der Waals surface area (Å²) in [5.41, 5.74) is 7.71. The standard InChI is InChI=1S/C23H19N5O2S/c1-14-19(20(17(12-24)21(25)29)16-10-6-3-7-11-16)22(30)28(27-14)23-26-13-18(31-23)15-8-4-2-5-9-15/h2-11,13,17,20,27H,1H3,(H2,25,29)/t17-,20-/m0/s1. The number of carbonyl (C=O) groups excluding carboxylic acids is 1. The Hall–Kier alpha value is -3.96. The van der Waals surface area contributed by atoms with Crippen molar-refractivity contribution in [3.8, 4) is 21.6 Å². The third-order valence-corrected chi connectivity index (χ3v) is 6.14. The van der Waals surface area contributed by atoms with Gasteiger partial charge < -0.3 is 5.73 Å². The third kappa shape index (κ3) is 3.79. The first-order valence-corrected chi connectivity index (χ1v) is 10.4. The van der Waals surface area contributed by atoms with Crippen molar-refractivity contribution in [3.63, 3.8) is 0 Å². The molecule has 3 N–H and O–H groups in total. The zero-order chi connectivity index (χ0) is 22.0. The van der Waals surface area contributed by atoms with E-state index in [1.165, 1.54) is 16.0 Å². The zero-order valence-electron chi connectivity index (χ0n) is 16.6. The Morgan fingerprint density at radius 2 is 1.81 bits per heavy atom. The monoisotopic (exact) mass is 429 g/mol. The van der Waals surface area contributed by atoms with Gasteiger partial charge in [-0.25, -0.2) is 4.98 Å². The normalized spacial score (nSPS) is 12.8. The predicted molar refractivity (Wildman–Crippen MR) is 119 cm³/mol. The molecule has 7 nitrogen and oxygen atoms in total. The van der Waals surface area contributed by atoms with Gasteiger partial charge in [-0.15, -0.1) is 0 Å². The lowest BCUT2D eigenvalue weighted by Gasteiger charge is -2.19. The van der Waals surface area contributed by atoms with E-state index in [1.807, 2.05) is 42.5 Å². The van der Waals surface area contributed by atoms with Crippen LogP contribution in [0.3, 0.4) is 0 Å². The van der Waals surface area contributed by atoms with Crippen LogP contribution in [0.25, 0.3) is 15.6 Å². The van der Waals surface area contributed by atoms with Gasteiger partial charge in [0.15, 0.2) is 0 Å². The van der Waals surface area contributed by atoms with E-state index in [9.17, 15) is 14.9 Å². The second-order valence-electron chi connectivity index (χ2n) is 7.06. The number of nitrogens with one attached hydrogen (secondary N) is 1. The van der Waals surface area contributed by atoms with Crippen LogP contribution < -0.4 is 11.3 Å². The number of thiazole rings is 1. The topological polar surface area (TPSA) is 118 Å². The third-order valence-electron chi connectivity index (χ3n) is 5.11. The Morgan fingerprint density at radius 1 is 1.16 bits per heavy atom. The van der Waals surface area contributed by atoms with Crippen molar-refractivity contribution in [3.05, 3.63) is 94.0 Å². The number of benzene rings is 2. The van der Waals surface area contributed by atoms with E-state index in [2.05, 4.69) is 10.1 Å². The van der Waals surface area contributed by atoms with Crippen LogP contribution in [0.5, 0.6) is 0 Å². The highest BCUT2D eigenvalue weighted by atomic mass is 32.1. The summed E-state index contributed by atoms with van der Waals surface area (Å²) in [6.45, 7) is 1.74. The van der Waals surface area contributed by atoms with Gasteiger partial charge in [-0.2, -0.15) is 9.94 Å². The van der Waals surface area contributed by atoms with Gasteiger partial charge in [0.2, 0.25) is 11.0 Å². The summed E-state index contributed by atoms with van der Waals surface area (Å²) in [6.07, 6.45) is 1.72. The molecule has 0 saturated heterocycles. The Labute approximate surface area is 182 Å². The van der Waals surface area contributed by atoms with Crippen molar-refractivity contribution in [2.75, 3.05) is 0 Å². The quantitative estimate of drug-likeness (QED) is 0.489. The van der Waals surface area contributed by atoms with Crippen molar-refractivity contribution in [1.82, 2.24) is 14.8 Å².